The molecule has 0 saturated carbocycles. The Morgan fingerprint density at radius 1 is 1.11 bits per heavy atom. The first-order valence-electron chi connectivity index (χ1n) is 9.44. The summed E-state index contributed by atoms with van der Waals surface area (Å²) in [4.78, 5) is 16.6. The minimum atomic E-state index is -0.230. The van der Waals surface area contributed by atoms with Gasteiger partial charge in [0, 0.05) is 19.6 Å². The van der Waals surface area contributed by atoms with Gasteiger partial charge in [-0.1, -0.05) is 12.1 Å². The van der Waals surface area contributed by atoms with Crippen molar-refractivity contribution in [3.63, 3.8) is 0 Å². The minimum Gasteiger partial charge on any atom is -0.493 e. The van der Waals surface area contributed by atoms with Gasteiger partial charge < -0.3 is 14.4 Å². The Kier molecular flexibility index (Phi) is 6.52. The van der Waals surface area contributed by atoms with E-state index in [1.54, 1.807) is 26.4 Å². The summed E-state index contributed by atoms with van der Waals surface area (Å²) in [6.45, 7) is 2.39. The lowest BCUT2D eigenvalue weighted by molar-refractivity contribution is -0.133. The molecule has 1 aliphatic heterocycles. The molecular formula is C22H27FN2O3. The molecule has 0 fully saturated rings. The highest BCUT2D eigenvalue weighted by Gasteiger charge is 2.23. The number of carbonyl (C=O) groups excluding carboxylic acids is 1. The smallest absolute Gasteiger partial charge is 0.237 e. The zero-order valence-electron chi connectivity index (χ0n) is 16.7. The highest BCUT2D eigenvalue weighted by Crippen LogP contribution is 2.33. The molecule has 1 heterocycles. The van der Waals surface area contributed by atoms with Crippen molar-refractivity contribution in [2.75, 3.05) is 40.9 Å². The van der Waals surface area contributed by atoms with E-state index < -0.39 is 0 Å². The van der Waals surface area contributed by atoms with Crippen molar-refractivity contribution in [1.29, 1.82) is 0 Å². The topological polar surface area (TPSA) is 42.0 Å². The third-order valence-electron chi connectivity index (χ3n) is 5.17. The van der Waals surface area contributed by atoms with Crippen LogP contribution in [0.1, 0.15) is 16.7 Å². The summed E-state index contributed by atoms with van der Waals surface area (Å²) in [6, 6.07) is 10.5. The fourth-order valence-corrected chi connectivity index (χ4v) is 3.48. The van der Waals surface area contributed by atoms with Gasteiger partial charge in [-0.05, 0) is 60.8 Å². The Morgan fingerprint density at radius 2 is 1.75 bits per heavy atom. The SMILES string of the molecule is COc1cc2c(cc1OC)CN(C(=O)CN(C)CCc1ccc(F)cc1)CC2. The third kappa shape index (κ3) is 4.81. The van der Waals surface area contributed by atoms with Gasteiger partial charge in [0.1, 0.15) is 5.82 Å². The zero-order chi connectivity index (χ0) is 20.1. The molecular weight excluding hydrogens is 359 g/mol. The number of ether oxygens (including phenoxy) is 2. The lowest BCUT2D eigenvalue weighted by Gasteiger charge is -2.31. The normalized spacial score (nSPS) is 13.4. The van der Waals surface area contributed by atoms with Crippen molar-refractivity contribution in [2.45, 2.75) is 19.4 Å². The van der Waals surface area contributed by atoms with Crippen LogP contribution in [-0.4, -0.2) is 56.6 Å². The Morgan fingerprint density at radius 3 is 2.39 bits per heavy atom. The fraction of sp³-hybridized carbons (Fsp3) is 0.409. The number of amides is 1. The predicted molar refractivity (Wildman–Crippen MR) is 106 cm³/mol. The van der Waals surface area contributed by atoms with Crippen LogP contribution in [0.3, 0.4) is 0 Å². The summed E-state index contributed by atoms with van der Waals surface area (Å²) in [7, 11) is 5.18. The molecule has 0 saturated heterocycles. The van der Waals surface area contributed by atoms with Gasteiger partial charge in [0.05, 0.1) is 20.8 Å². The van der Waals surface area contributed by atoms with Gasteiger partial charge in [-0.2, -0.15) is 0 Å². The van der Waals surface area contributed by atoms with Crippen LogP contribution in [0.15, 0.2) is 36.4 Å². The van der Waals surface area contributed by atoms with Gasteiger partial charge in [-0.3, -0.25) is 9.69 Å². The fourth-order valence-electron chi connectivity index (χ4n) is 3.48. The van der Waals surface area contributed by atoms with E-state index in [1.807, 2.05) is 29.0 Å². The van der Waals surface area contributed by atoms with Gasteiger partial charge in [0.25, 0.3) is 0 Å². The van der Waals surface area contributed by atoms with Crippen molar-refractivity contribution in [3.8, 4) is 11.5 Å². The lowest BCUT2D eigenvalue weighted by Crippen LogP contribution is -2.42. The summed E-state index contributed by atoms with van der Waals surface area (Å²) in [5.41, 5.74) is 3.37. The maximum atomic E-state index is 13.0. The molecule has 0 aliphatic carbocycles. The second-order valence-electron chi connectivity index (χ2n) is 7.16. The summed E-state index contributed by atoms with van der Waals surface area (Å²) in [5.74, 6) is 1.29. The molecule has 0 bridgehead atoms. The quantitative estimate of drug-likeness (QED) is 0.734. The van der Waals surface area contributed by atoms with Crippen LogP contribution in [-0.2, 0) is 24.2 Å². The number of halogens is 1. The second kappa shape index (κ2) is 9.06. The summed E-state index contributed by atoms with van der Waals surface area (Å²) in [5, 5.41) is 0. The van der Waals surface area contributed by atoms with Crippen molar-refractivity contribution in [2.24, 2.45) is 0 Å². The molecule has 0 atom stereocenters. The molecule has 0 aromatic heterocycles. The van der Waals surface area contributed by atoms with Crippen LogP contribution in [0, 0.1) is 5.82 Å². The van der Waals surface area contributed by atoms with Crippen LogP contribution in [0.2, 0.25) is 0 Å². The molecule has 1 amide bonds. The lowest BCUT2D eigenvalue weighted by atomic mass is 9.98. The van der Waals surface area contributed by atoms with E-state index in [-0.39, 0.29) is 11.7 Å². The summed E-state index contributed by atoms with van der Waals surface area (Å²) in [6.07, 6.45) is 1.59. The molecule has 0 unspecified atom stereocenters. The number of hydrogen-bond acceptors (Lipinski definition) is 4. The highest BCUT2D eigenvalue weighted by molar-refractivity contribution is 5.78. The monoisotopic (exact) mass is 386 g/mol. The summed E-state index contributed by atoms with van der Waals surface area (Å²) < 4.78 is 23.7. The zero-order valence-corrected chi connectivity index (χ0v) is 16.7. The van der Waals surface area contributed by atoms with Crippen molar-refractivity contribution < 1.29 is 18.7 Å². The maximum absolute atomic E-state index is 13.0. The first kappa shape index (κ1) is 20.1. The second-order valence-corrected chi connectivity index (χ2v) is 7.16. The van der Waals surface area contributed by atoms with E-state index in [1.165, 1.54) is 17.7 Å². The number of rotatable bonds is 7. The van der Waals surface area contributed by atoms with Gasteiger partial charge >= 0.3 is 0 Å². The molecule has 0 radical (unpaired) electrons. The maximum Gasteiger partial charge on any atom is 0.237 e. The number of likely N-dealkylation sites (N-methyl/N-ethyl adjacent to an activating group) is 1. The van der Waals surface area contributed by atoms with Crippen LogP contribution in [0.4, 0.5) is 4.39 Å². The van der Waals surface area contributed by atoms with Crippen LogP contribution in [0.5, 0.6) is 11.5 Å². The molecule has 2 aromatic rings. The Bertz CT molecular complexity index is 823. The minimum absolute atomic E-state index is 0.113. The van der Waals surface area contributed by atoms with E-state index in [2.05, 4.69) is 0 Å². The van der Waals surface area contributed by atoms with Gasteiger partial charge in [0.15, 0.2) is 11.5 Å². The van der Waals surface area contributed by atoms with Crippen molar-refractivity contribution in [3.05, 3.63) is 58.9 Å². The Labute approximate surface area is 165 Å². The Balaban J connectivity index is 1.55. The highest BCUT2D eigenvalue weighted by atomic mass is 19.1. The van der Waals surface area contributed by atoms with Crippen LogP contribution in [0.25, 0.3) is 0 Å². The van der Waals surface area contributed by atoms with Crippen molar-refractivity contribution in [1.82, 2.24) is 9.80 Å². The number of nitrogens with zero attached hydrogens (tertiary/aromatic N) is 2. The van der Waals surface area contributed by atoms with Gasteiger partial charge in [0.2, 0.25) is 5.91 Å². The number of carbonyl (C=O) groups is 1. The molecule has 5 nitrogen and oxygen atoms in total. The van der Waals surface area contributed by atoms with Crippen molar-refractivity contribution >= 4 is 5.91 Å². The first-order chi connectivity index (χ1) is 13.5. The number of hydrogen-bond donors (Lipinski definition) is 0. The van der Waals surface area contributed by atoms with Crippen LogP contribution < -0.4 is 9.47 Å². The van der Waals surface area contributed by atoms with E-state index in [0.717, 1.165) is 36.3 Å². The standard InChI is InChI=1S/C22H27FN2O3/c1-24(10-8-16-4-6-19(23)7-5-16)15-22(26)25-11-9-17-12-20(27-2)21(28-3)13-18(17)14-25/h4-7,12-13H,8-11,14-15H2,1-3H3. The number of fused-ring (bicyclic) bond motifs is 1. The Hall–Kier alpha value is -2.60. The molecule has 6 heteroatoms. The molecule has 0 N–H and O–H groups in total. The van der Waals surface area contributed by atoms with E-state index in [9.17, 15) is 9.18 Å². The van der Waals surface area contributed by atoms with E-state index >= 15 is 0 Å². The van der Waals surface area contributed by atoms with E-state index in [0.29, 0.717) is 25.4 Å². The average molecular weight is 386 g/mol. The predicted octanol–water partition coefficient (Wildman–Crippen LogP) is 2.90. The molecule has 2 aromatic carbocycles. The van der Waals surface area contributed by atoms with Gasteiger partial charge in [-0.15, -0.1) is 0 Å². The molecule has 3 rings (SSSR count). The summed E-state index contributed by atoms with van der Waals surface area (Å²) >= 11 is 0. The number of methoxy groups -OCH3 is 2. The molecule has 1 aliphatic rings. The van der Waals surface area contributed by atoms with Crippen LogP contribution >= 0.6 is 0 Å². The first-order valence-corrected chi connectivity index (χ1v) is 9.44. The number of benzene rings is 2. The van der Waals surface area contributed by atoms with Gasteiger partial charge in [-0.25, -0.2) is 4.39 Å². The third-order valence-corrected chi connectivity index (χ3v) is 5.17. The van der Waals surface area contributed by atoms with E-state index in [4.69, 9.17) is 9.47 Å². The largest absolute Gasteiger partial charge is 0.493 e. The molecule has 28 heavy (non-hydrogen) atoms. The molecule has 0 spiro atoms. The molecule has 150 valence electrons. The average Bonchev–Trinajstić information content (AvgIpc) is 2.71.